The fourth-order valence-corrected chi connectivity index (χ4v) is 4.56. The Balaban J connectivity index is 2.45. The first kappa shape index (κ1) is 13.2. The molecule has 1 fully saturated rings. The second kappa shape index (κ2) is 6.02. The van der Waals surface area contributed by atoms with Crippen molar-refractivity contribution in [1.82, 2.24) is 0 Å². The van der Waals surface area contributed by atoms with Crippen LogP contribution in [0.25, 0.3) is 0 Å². The van der Waals surface area contributed by atoms with Crippen LogP contribution in [0.4, 0.5) is 0 Å². The van der Waals surface area contributed by atoms with Crippen molar-refractivity contribution in [2.45, 2.75) is 37.8 Å². The van der Waals surface area contributed by atoms with Crippen LogP contribution in [0.5, 0.6) is 0 Å². The summed E-state index contributed by atoms with van der Waals surface area (Å²) < 4.78 is 9.13. The predicted molar refractivity (Wildman–Crippen MR) is 63.4 cm³/mol. The molecule has 1 aliphatic carbocycles. The Labute approximate surface area is 94.3 Å². The molecule has 0 bridgehead atoms. The smallest absolute Gasteiger partial charge is 0.223 e. The molecule has 2 unspecified atom stereocenters. The summed E-state index contributed by atoms with van der Waals surface area (Å²) in [4.78, 5) is 18.6. The van der Waals surface area contributed by atoms with Crippen molar-refractivity contribution in [2.24, 2.45) is 0 Å². The molecule has 0 aliphatic heterocycles. The molecule has 0 aromatic rings. The summed E-state index contributed by atoms with van der Waals surface area (Å²) in [6.45, 7) is -2.91. The van der Waals surface area contributed by atoms with Crippen LogP contribution in [0.15, 0.2) is 0 Å². The van der Waals surface area contributed by atoms with Crippen molar-refractivity contribution in [1.29, 1.82) is 0 Å². The minimum absolute atomic E-state index is 0.00241. The van der Waals surface area contributed by atoms with E-state index in [0.717, 1.165) is 25.7 Å². The van der Waals surface area contributed by atoms with Gasteiger partial charge in [0.1, 0.15) is 0 Å². The lowest BCUT2D eigenvalue weighted by molar-refractivity contribution is -0.0941. The van der Waals surface area contributed by atoms with Gasteiger partial charge in [0.05, 0.1) is 0 Å². The zero-order valence-electron chi connectivity index (χ0n) is 7.59. The molecule has 0 spiro atoms. The van der Waals surface area contributed by atoms with Gasteiger partial charge in [0.25, 0.3) is 0 Å². The Morgan fingerprint density at radius 1 is 1.29 bits per heavy atom. The van der Waals surface area contributed by atoms with Crippen LogP contribution in [-0.2, 0) is 33.0 Å². The molecule has 2 atom stereocenters. The highest BCUT2D eigenvalue weighted by Crippen LogP contribution is 2.54. The van der Waals surface area contributed by atoms with Gasteiger partial charge in [-0.2, -0.15) is 9.35 Å². The van der Waals surface area contributed by atoms with Gasteiger partial charge in [-0.05, 0) is 36.5 Å². The highest BCUT2D eigenvalue weighted by atomic mass is 32.5. The maximum Gasteiger partial charge on any atom is 0.223 e. The monoisotopic (exact) mass is 276 g/mol. The average Bonchev–Trinajstić information content (AvgIpc) is 2.16. The van der Waals surface area contributed by atoms with Gasteiger partial charge in [-0.15, -0.1) is 0 Å². The van der Waals surface area contributed by atoms with Crippen molar-refractivity contribution < 1.29 is 19.1 Å². The lowest BCUT2D eigenvalue weighted by Crippen LogP contribution is -2.13. The third kappa shape index (κ3) is 4.33. The van der Waals surface area contributed by atoms with Crippen LogP contribution in [0, 0.1) is 0 Å². The summed E-state index contributed by atoms with van der Waals surface area (Å²) in [6.07, 6.45) is 5.07. The van der Waals surface area contributed by atoms with Crippen LogP contribution in [0.2, 0.25) is 0 Å². The van der Waals surface area contributed by atoms with E-state index in [4.69, 9.17) is 21.4 Å². The van der Waals surface area contributed by atoms with Gasteiger partial charge in [0, 0.05) is 5.66 Å². The lowest BCUT2D eigenvalue weighted by atomic mass is 10.0. The first-order valence-electron chi connectivity index (χ1n) is 4.44. The molecule has 0 radical (unpaired) electrons. The second-order valence-electron chi connectivity index (χ2n) is 3.28. The minimum Gasteiger partial charge on any atom is -0.345 e. The third-order valence-corrected chi connectivity index (χ3v) is 5.63. The van der Waals surface area contributed by atoms with Gasteiger partial charge in [0.15, 0.2) is 0 Å². The summed E-state index contributed by atoms with van der Waals surface area (Å²) in [5.74, 6) is 0. The van der Waals surface area contributed by atoms with E-state index in [-0.39, 0.29) is 5.66 Å². The van der Waals surface area contributed by atoms with E-state index in [1.165, 1.54) is 6.42 Å². The zero-order chi connectivity index (χ0) is 10.6. The largest absolute Gasteiger partial charge is 0.345 e. The Kier molecular flexibility index (Phi) is 5.68. The predicted octanol–water partition coefficient (Wildman–Crippen LogP) is 2.07. The van der Waals surface area contributed by atoms with Gasteiger partial charge >= 0.3 is 0 Å². The number of hydrogen-bond acceptors (Lipinski definition) is 4. The normalized spacial score (nSPS) is 25.6. The molecule has 2 N–H and O–H groups in total. The van der Waals surface area contributed by atoms with Crippen LogP contribution in [0.3, 0.4) is 0 Å². The molecule has 1 aliphatic rings. The molecule has 14 heavy (non-hydrogen) atoms. The van der Waals surface area contributed by atoms with Gasteiger partial charge < -0.3 is 9.79 Å². The van der Waals surface area contributed by atoms with Crippen LogP contribution in [-0.4, -0.2) is 15.4 Å². The molecule has 1 rings (SSSR count). The molecular formula is C6H14O4P2S2. The maximum absolute atomic E-state index is 9.83. The van der Waals surface area contributed by atoms with Crippen LogP contribution < -0.4 is 0 Å². The van der Waals surface area contributed by atoms with Crippen molar-refractivity contribution in [2.75, 3.05) is 0 Å². The fourth-order valence-electron chi connectivity index (χ4n) is 1.55. The average molecular weight is 276 g/mol. The van der Waals surface area contributed by atoms with E-state index in [1.54, 1.807) is 0 Å². The molecule has 0 saturated heterocycles. The zero-order valence-corrected chi connectivity index (χ0v) is 11.1. The summed E-state index contributed by atoms with van der Waals surface area (Å²) >= 11 is 9.38. The first-order chi connectivity index (χ1) is 6.52. The Morgan fingerprint density at radius 3 is 2.36 bits per heavy atom. The van der Waals surface area contributed by atoms with Gasteiger partial charge in [-0.1, -0.05) is 19.3 Å². The van der Waals surface area contributed by atoms with Crippen LogP contribution in [0.1, 0.15) is 32.1 Å². The summed E-state index contributed by atoms with van der Waals surface area (Å²) in [6, 6.07) is 0. The van der Waals surface area contributed by atoms with E-state index < -0.39 is 13.6 Å². The van der Waals surface area contributed by atoms with Crippen molar-refractivity contribution in [3.8, 4) is 0 Å². The summed E-state index contributed by atoms with van der Waals surface area (Å²) in [5.41, 5.74) is 0.00241. The maximum atomic E-state index is 9.83. The van der Waals surface area contributed by atoms with Crippen molar-refractivity contribution in [3.63, 3.8) is 0 Å². The highest BCUT2D eigenvalue weighted by Gasteiger charge is 2.30. The molecule has 0 aromatic heterocycles. The van der Waals surface area contributed by atoms with E-state index in [2.05, 4.69) is 16.5 Å². The molecule has 0 amide bonds. The fraction of sp³-hybridized carbons (Fsp3) is 1.00. The molecule has 84 valence electrons. The molecular weight excluding hydrogens is 262 g/mol. The Morgan fingerprint density at radius 2 is 1.86 bits per heavy atom. The summed E-state index contributed by atoms with van der Waals surface area (Å²) in [7, 11) is -2.34. The second-order valence-corrected chi connectivity index (χ2v) is 8.60. The molecule has 0 aromatic carbocycles. The topological polar surface area (TPSA) is 58.9 Å². The SMILES string of the molecule is O[PH](=S)OOP(O)(=S)C1CCCCC1. The Bertz CT molecular complexity index is 254. The van der Waals surface area contributed by atoms with Gasteiger partial charge in [-0.25, -0.2) is 0 Å². The van der Waals surface area contributed by atoms with Gasteiger partial charge in [0.2, 0.25) is 13.6 Å². The van der Waals surface area contributed by atoms with Crippen LogP contribution >= 0.6 is 13.6 Å². The molecule has 1 saturated carbocycles. The highest BCUT2D eigenvalue weighted by molar-refractivity contribution is 8.09. The first-order valence-corrected chi connectivity index (χ1v) is 9.67. The standard InChI is InChI=1S/C6H14O4P2S2/c7-11(13)9-10-12(8,14)6-4-2-1-3-5-6/h6,11H,1-5H2,(H,7,13)(H,8,14). The van der Waals surface area contributed by atoms with E-state index >= 15 is 0 Å². The molecule has 8 heteroatoms. The lowest BCUT2D eigenvalue weighted by Gasteiger charge is -2.27. The number of rotatable bonds is 4. The van der Waals surface area contributed by atoms with E-state index in [0.29, 0.717) is 0 Å². The quantitative estimate of drug-likeness (QED) is 0.466. The molecule has 0 heterocycles. The number of hydrogen-bond donors (Lipinski definition) is 2. The minimum atomic E-state index is -2.91. The summed E-state index contributed by atoms with van der Waals surface area (Å²) in [5, 5.41) is 0. The van der Waals surface area contributed by atoms with E-state index in [1.807, 2.05) is 0 Å². The van der Waals surface area contributed by atoms with Crippen molar-refractivity contribution >= 4 is 37.3 Å². The van der Waals surface area contributed by atoms with E-state index in [9.17, 15) is 4.89 Å². The Hall–Kier alpha value is 1.14. The van der Waals surface area contributed by atoms with Gasteiger partial charge in [-0.3, -0.25) is 0 Å². The van der Waals surface area contributed by atoms with Crippen molar-refractivity contribution in [3.05, 3.63) is 0 Å². The molecule has 4 nitrogen and oxygen atoms in total. The third-order valence-electron chi connectivity index (χ3n) is 2.25.